The van der Waals surface area contributed by atoms with Crippen LogP contribution in [0.3, 0.4) is 0 Å². The molecule has 176 valence electrons. The van der Waals surface area contributed by atoms with E-state index in [4.69, 9.17) is 0 Å². The number of carbonyl (C=O) groups is 1. The number of hydrogen-bond acceptors (Lipinski definition) is 2. The van der Waals surface area contributed by atoms with Gasteiger partial charge in [0, 0.05) is 20.8 Å². The highest BCUT2D eigenvalue weighted by molar-refractivity contribution is 9.10. The Morgan fingerprint density at radius 2 is 1.03 bits per heavy atom. The fourth-order valence-electron chi connectivity index (χ4n) is 5.71. The zero-order valence-corrected chi connectivity index (χ0v) is 21.9. The van der Waals surface area contributed by atoms with Crippen LogP contribution in [0.25, 0.3) is 0 Å². The molecule has 5 heteroatoms. The lowest BCUT2D eigenvalue weighted by Gasteiger charge is -2.57. The van der Waals surface area contributed by atoms with Gasteiger partial charge in [-0.1, -0.05) is 117 Å². The maximum Gasteiger partial charge on any atom is 0.307 e. The molecule has 0 spiro atoms. The summed E-state index contributed by atoms with van der Waals surface area (Å²) in [6, 6.07) is 34.8. The van der Waals surface area contributed by atoms with Crippen molar-refractivity contribution in [2.75, 3.05) is 0 Å². The average Bonchev–Trinajstić information content (AvgIpc) is 2.86. The smallest absolute Gasteiger partial charge is 0.307 e. The largest absolute Gasteiger partial charge is 0.481 e. The summed E-state index contributed by atoms with van der Waals surface area (Å²) < 4.78 is 1.89. The van der Waals surface area contributed by atoms with Gasteiger partial charge in [-0.25, -0.2) is 0 Å². The van der Waals surface area contributed by atoms with Gasteiger partial charge in [-0.3, -0.25) is 4.79 Å². The Labute approximate surface area is 221 Å². The summed E-state index contributed by atoms with van der Waals surface area (Å²) in [5.41, 5.74) is 1.86. The van der Waals surface area contributed by atoms with E-state index in [1.807, 2.05) is 109 Å². The van der Waals surface area contributed by atoms with Gasteiger partial charge in [0.2, 0.25) is 0 Å². The molecule has 1 aliphatic rings. The van der Waals surface area contributed by atoms with Gasteiger partial charge in [0.1, 0.15) is 5.60 Å². The topological polar surface area (TPSA) is 57.5 Å². The number of carboxylic acids is 1. The number of aliphatic carboxylic acids is 1. The number of aliphatic hydroxyl groups is 1. The molecule has 35 heavy (non-hydrogen) atoms. The minimum atomic E-state index is -1.49. The van der Waals surface area contributed by atoms with Gasteiger partial charge < -0.3 is 10.2 Å². The monoisotopic (exact) mass is 590 g/mol. The lowest BCUT2D eigenvalue weighted by atomic mass is 9.46. The van der Waals surface area contributed by atoms with Gasteiger partial charge in [-0.15, -0.1) is 0 Å². The van der Waals surface area contributed by atoms with Gasteiger partial charge in [-0.2, -0.15) is 0 Å². The van der Waals surface area contributed by atoms with Crippen molar-refractivity contribution < 1.29 is 15.0 Å². The first-order valence-corrected chi connectivity index (χ1v) is 13.1. The molecule has 1 aliphatic carbocycles. The SMILES string of the molecule is O=C(O)[C@@H]1[C@@H](c2ccc(Br)cc2)[C@@H](c2ccc(Br)cc2)[C@@H]1C(O)(c1ccccc1)c1ccccc1. The van der Waals surface area contributed by atoms with Crippen LogP contribution < -0.4 is 0 Å². The number of hydrogen-bond donors (Lipinski definition) is 2. The second-order valence-corrected chi connectivity index (χ2v) is 10.9. The fourth-order valence-corrected chi connectivity index (χ4v) is 6.24. The molecule has 0 heterocycles. The van der Waals surface area contributed by atoms with Gasteiger partial charge in [0.05, 0.1) is 5.92 Å². The van der Waals surface area contributed by atoms with Crippen molar-refractivity contribution >= 4 is 37.8 Å². The van der Waals surface area contributed by atoms with E-state index in [0.29, 0.717) is 11.1 Å². The van der Waals surface area contributed by atoms with Crippen LogP contribution in [0.2, 0.25) is 0 Å². The lowest BCUT2D eigenvalue weighted by Crippen LogP contribution is -2.57. The van der Waals surface area contributed by atoms with Crippen molar-refractivity contribution in [3.63, 3.8) is 0 Å². The van der Waals surface area contributed by atoms with E-state index in [-0.39, 0.29) is 11.8 Å². The molecule has 4 atom stereocenters. The van der Waals surface area contributed by atoms with Gasteiger partial charge in [-0.05, 0) is 52.4 Å². The molecule has 3 nitrogen and oxygen atoms in total. The minimum Gasteiger partial charge on any atom is -0.481 e. The maximum absolute atomic E-state index is 12.9. The Balaban J connectivity index is 1.74. The van der Waals surface area contributed by atoms with Crippen LogP contribution >= 0.6 is 31.9 Å². The van der Waals surface area contributed by atoms with E-state index >= 15 is 0 Å². The molecule has 0 aliphatic heterocycles. The van der Waals surface area contributed by atoms with E-state index in [0.717, 1.165) is 20.1 Å². The Hall–Kier alpha value is -2.73. The van der Waals surface area contributed by atoms with Crippen LogP contribution in [0.15, 0.2) is 118 Å². The second kappa shape index (κ2) is 9.73. The molecular weight excluding hydrogens is 568 g/mol. The highest BCUT2D eigenvalue weighted by atomic mass is 79.9. The van der Waals surface area contributed by atoms with Crippen LogP contribution in [0.1, 0.15) is 34.1 Å². The molecular formula is C30H24Br2O3. The third kappa shape index (κ3) is 4.26. The number of halogens is 2. The molecule has 4 aromatic carbocycles. The van der Waals surface area contributed by atoms with Gasteiger partial charge in [0.25, 0.3) is 0 Å². The molecule has 0 aromatic heterocycles. The average molecular weight is 592 g/mol. The third-order valence-corrected chi connectivity index (χ3v) is 8.31. The molecule has 1 saturated carbocycles. The summed E-state index contributed by atoms with van der Waals surface area (Å²) in [7, 11) is 0. The van der Waals surface area contributed by atoms with E-state index in [2.05, 4.69) is 31.9 Å². The Morgan fingerprint density at radius 3 is 1.43 bits per heavy atom. The van der Waals surface area contributed by atoms with Crippen LogP contribution in [0.4, 0.5) is 0 Å². The first kappa shape index (κ1) is 24.0. The number of benzene rings is 4. The molecule has 0 bridgehead atoms. The van der Waals surface area contributed by atoms with Crippen molar-refractivity contribution in [3.8, 4) is 0 Å². The Morgan fingerprint density at radius 1 is 0.629 bits per heavy atom. The van der Waals surface area contributed by atoms with Crippen molar-refractivity contribution in [2.24, 2.45) is 11.8 Å². The molecule has 1 fully saturated rings. The molecule has 0 saturated heterocycles. The van der Waals surface area contributed by atoms with Crippen LogP contribution in [-0.4, -0.2) is 16.2 Å². The molecule has 0 unspecified atom stereocenters. The van der Waals surface area contributed by atoms with E-state index in [1.54, 1.807) is 0 Å². The molecule has 2 N–H and O–H groups in total. The predicted octanol–water partition coefficient (Wildman–Crippen LogP) is 7.35. The summed E-state index contributed by atoms with van der Waals surface area (Å²) in [4.78, 5) is 12.9. The first-order valence-electron chi connectivity index (χ1n) is 11.5. The highest BCUT2D eigenvalue weighted by Crippen LogP contribution is 2.64. The zero-order chi connectivity index (χ0) is 24.6. The van der Waals surface area contributed by atoms with Crippen LogP contribution in [0, 0.1) is 11.8 Å². The lowest BCUT2D eigenvalue weighted by molar-refractivity contribution is -0.163. The normalized spacial score (nSPS) is 21.8. The van der Waals surface area contributed by atoms with E-state index < -0.39 is 23.4 Å². The summed E-state index contributed by atoms with van der Waals surface area (Å²) in [5, 5.41) is 23.1. The van der Waals surface area contributed by atoms with Crippen molar-refractivity contribution in [1.29, 1.82) is 0 Å². The van der Waals surface area contributed by atoms with Crippen LogP contribution in [-0.2, 0) is 10.4 Å². The van der Waals surface area contributed by atoms with Crippen molar-refractivity contribution in [3.05, 3.63) is 140 Å². The van der Waals surface area contributed by atoms with Gasteiger partial charge >= 0.3 is 5.97 Å². The predicted molar refractivity (Wildman–Crippen MR) is 144 cm³/mol. The Bertz CT molecular complexity index is 1270. The van der Waals surface area contributed by atoms with Gasteiger partial charge in [0.15, 0.2) is 0 Å². The molecule has 0 amide bonds. The van der Waals surface area contributed by atoms with E-state index in [9.17, 15) is 15.0 Å². The molecule has 0 radical (unpaired) electrons. The summed E-state index contributed by atoms with van der Waals surface area (Å²) in [6.07, 6.45) is 0. The third-order valence-electron chi connectivity index (χ3n) is 7.25. The van der Waals surface area contributed by atoms with Crippen molar-refractivity contribution in [2.45, 2.75) is 17.4 Å². The zero-order valence-electron chi connectivity index (χ0n) is 18.8. The summed E-state index contributed by atoms with van der Waals surface area (Å²) >= 11 is 7.01. The second-order valence-electron chi connectivity index (χ2n) is 9.04. The number of rotatable bonds is 6. The van der Waals surface area contributed by atoms with E-state index in [1.165, 1.54) is 0 Å². The van der Waals surface area contributed by atoms with Crippen molar-refractivity contribution in [1.82, 2.24) is 0 Å². The summed E-state index contributed by atoms with van der Waals surface area (Å²) in [5.74, 6) is -2.77. The number of carboxylic acid groups (broad SMARTS) is 1. The highest BCUT2D eigenvalue weighted by Gasteiger charge is 2.63. The van der Waals surface area contributed by atoms with Crippen LogP contribution in [0.5, 0.6) is 0 Å². The standard InChI is InChI=1S/C30H24Br2O3/c31-23-15-11-19(12-16-23)25-26(20-13-17-24(32)18-14-20)28(27(25)29(33)34)30(35,21-7-3-1-4-8-21)22-9-5-2-6-10-22/h1-18,25-28,35H,(H,33,34)/t25-,26+,27+,28-/m0/s1. The minimum absolute atomic E-state index is 0.212. The molecule has 4 aromatic rings. The quantitative estimate of drug-likeness (QED) is 0.246. The maximum atomic E-state index is 12.9. The Kier molecular flexibility index (Phi) is 6.67. The summed E-state index contributed by atoms with van der Waals surface area (Å²) in [6.45, 7) is 0. The fraction of sp³-hybridized carbons (Fsp3) is 0.167. The first-order chi connectivity index (χ1) is 16.9. The molecule has 5 rings (SSSR count).